The predicted octanol–water partition coefficient (Wildman–Crippen LogP) is 2.64. The lowest BCUT2D eigenvalue weighted by molar-refractivity contribution is 0.0940. The van der Waals surface area contributed by atoms with Crippen molar-refractivity contribution in [2.24, 2.45) is 5.73 Å². The van der Waals surface area contributed by atoms with E-state index in [-0.39, 0.29) is 11.9 Å². The molecule has 1 atom stereocenters. The average Bonchev–Trinajstić information content (AvgIpc) is 2.48. The zero-order valence-corrected chi connectivity index (χ0v) is 11.0. The Morgan fingerprint density at radius 3 is 2.32 bits per heavy atom. The molecule has 3 N–H and O–H groups in total. The average molecular weight is 254 g/mol. The summed E-state index contributed by atoms with van der Waals surface area (Å²) in [6.45, 7) is 2.46. The monoisotopic (exact) mass is 254 g/mol. The number of hydrogen-bond acceptors (Lipinski definition) is 2. The summed E-state index contributed by atoms with van der Waals surface area (Å²) in [6.07, 6.45) is 0. The molecule has 3 heteroatoms. The Morgan fingerprint density at radius 2 is 1.74 bits per heavy atom. The molecule has 2 aromatic rings. The SMILES string of the molecule is C[C@@H](NC(=O)c1ccc(CN)cc1)c1ccccc1. The molecular formula is C16H18N2O. The van der Waals surface area contributed by atoms with Crippen molar-refractivity contribution >= 4 is 5.91 Å². The van der Waals surface area contributed by atoms with Crippen LogP contribution in [0.25, 0.3) is 0 Å². The summed E-state index contributed by atoms with van der Waals surface area (Å²) in [7, 11) is 0. The molecule has 0 saturated heterocycles. The van der Waals surface area contributed by atoms with Crippen molar-refractivity contribution in [1.82, 2.24) is 5.32 Å². The fourth-order valence-corrected chi connectivity index (χ4v) is 1.90. The standard InChI is InChI=1S/C16H18N2O/c1-12(14-5-3-2-4-6-14)18-16(19)15-9-7-13(11-17)8-10-15/h2-10,12H,11,17H2,1H3,(H,18,19)/t12-/m1/s1. The van der Waals surface area contributed by atoms with Crippen LogP contribution in [-0.2, 0) is 6.54 Å². The van der Waals surface area contributed by atoms with Crippen LogP contribution < -0.4 is 11.1 Å². The molecule has 0 saturated carbocycles. The summed E-state index contributed by atoms with van der Waals surface area (Å²) < 4.78 is 0. The maximum Gasteiger partial charge on any atom is 0.251 e. The van der Waals surface area contributed by atoms with Gasteiger partial charge in [0, 0.05) is 12.1 Å². The van der Waals surface area contributed by atoms with E-state index in [1.165, 1.54) is 0 Å². The molecule has 3 nitrogen and oxygen atoms in total. The van der Waals surface area contributed by atoms with E-state index in [0.717, 1.165) is 11.1 Å². The first-order chi connectivity index (χ1) is 9.20. The van der Waals surface area contributed by atoms with Gasteiger partial charge in [0.2, 0.25) is 0 Å². The molecular weight excluding hydrogens is 236 g/mol. The molecule has 19 heavy (non-hydrogen) atoms. The van der Waals surface area contributed by atoms with Gasteiger partial charge in [-0.3, -0.25) is 4.79 Å². The highest BCUT2D eigenvalue weighted by Crippen LogP contribution is 2.12. The molecule has 0 aliphatic heterocycles. The van der Waals surface area contributed by atoms with Gasteiger partial charge in [-0.1, -0.05) is 42.5 Å². The molecule has 0 aliphatic carbocycles. The second-order valence-electron chi connectivity index (χ2n) is 4.51. The first-order valence-electron chi connectivity index (χ1n) is 6.35. The van der Waals surface area contributed by atoms with Crippen LogP contribution in [0.4, 0.5) is 0 Å². The van der Waals surface area contributed by atoms with Crippen LogP contribution >= 0.6 is 0 Å². The molecule has 0 spiro atoms. The normalized spacial score (nSPS) is 11.9. The minimum Gasteiger partial charge on any atom is -0.346 e. The molecule has 2 rings (SSSR count). The number of rotatable bonds is 4. The molecule has 0 aliphatic rings. The summed E-state index contributed by atoms with van der Waals surface area (Å²) in [5, 5.41) is 2.98. The van der Waals surface area contributed by atoms with E-state index in [4.69, 9.17) is 5.73 Å². The van der Waals surface area contributed by atoms with Crippen molar-refractivity contribution in [2.45, 2.75) is 19.5 Å². The number of nitrogens with one attached hydrogen (secondary N) is 1. The summed E-state index contributed by atoms with van der Waals surface area (Å²) in [5.41, 5.74) is 8.30. The molecule has 98 valence electrons. The summed E-state index contributed by atoms with van der Waals surface area (Å²) in [6, 6.07) is 17.2. The number of amides is 1. The van der Waals surface area contributed by atoms with Gasteiger partial charge in [0.15, 0.2) is 0 Å². The molecule has 2 aromatic carbocycles. The Labute approximate surface area is 113 Å². The van der Waals surface area contributed by atoms with Crippen LogP contribution in [0.1, 0.15) is 34.5 Å². The van der Waals surface area contributed by atoms with Crippen LogP contribution in [0.5, 0.6) is 0 Å². The highest BCUT2D eigenvalue weighted by Gasteiger charge is 2.10. The van der Waals surface area contributed by atoms with Gasteiger partial charge in [-0.25, -0.2) is 0 Å². The van der Waals surface area contributed by atoms with Crippen molar-refractivity contribution < 1.29 is 4.79 Å². The Balaban J connectivity index is 2.04. The van der Waals surface area contributed by atoms with Gasteiger partial charge in [-0.15, -0.1) is 0 Å². The molecule has 0 radical (unpaired) electrons. The van der Waals surface area contributed by atoms with Crippen LogP contribution in [0.3, 0.4) is 0 Å². The number of carbonyl (C=O) groups excluding carboxylic acids is 1. The summed E-state index contributed by atoms with van der Waals surface area (Å²) in [4.78, 5) is 12.1. The highest BCUT2D eigenvalue weighted by atomic mass is 16.1. The summed E-state index contributed by atoms with van der Waals surface area (Å²) >= 11 is 0. The Hall–Kier alpha value is -2.13. The predicted molar refractivity (Wildman–Crippen MR) is 76.7 cm³/mol. The van der Waals surface area contributed by atoms with Gasteiger partial charge in [-0.05, 0) is 30.2 Å². The topological polar surface area (TPSA) is 55.1 Å². The molecule has 0 heterocycles. The Kier molecular flexibility index (Phi) is 4.31. The molecule has 0 bridgehead atoms. The first-order valence-corrected chi connectivity index (χ1v) is 6.35. The van der Waals surface area contributed by atoms with Crippen molar-refractivity contribution in [3.63, 3.8) is 0 Å². The van der Waals surface area contributed by atoms with E-state index in [1.807, 2.05) is 49.4 Å². The van der Waals surface area contributed by atoms with Crippen LogP contribution in [0.15, 0.2) is 54.6 Å². The van der Waals surface area contributed by atoms with Crippen molar-refractivity contribution in [1.29, 1.82) is 0 Å². The summed E-state index contributed by atoms with van der Waals surface area (Å²) in [5.74, 6) is -0.0695. The number of carbonyl (C=O) groups is 1. The molecule has 0 unspecified atom stereocenters. The minimum absolute atomic E-state index is 0.0112. The molecule has 1 amide bonds. The number of nitrogens with two attached hydrogens (primary N) is 1. The van der Waals surface area contributed by atoms with Crippen LogP contribution in [-0.4, -0.2) is 5.91 Å². The smallest absolute Gasteiger partial charge is 0.251 e. The highest BCUT2D eigenvalue weighted by molar-refractivity contribution is 5.94. The second kappa shape index (κ2) is 6.16. The lowest BCUT2D eigenvalue weighted by Crippen LogP contribution is -2.26. The van der Waals surface area contributed by atoms with E-state index >= 15 is 0 Å². The second-order valence-corrected chi connectivity index (χ2v) is 4.51. The van der Waals surface area contributed by atoms with E-state index in [2.05, 4.69) is 5.32 Å². The Bertz CT molecular complexity index is 534. The van der Waals surface area contributed by atoms with Crippen LogP contribution in [0, 0.1) is 0 Å². The van der Waals surface area contributed by atoms with E-state index in [1.54, 1.807) is 12.1 Å². The minimum atomic E-state index is -0.0695. The Morgan fingerprint density at radius 1 is 1.11 bits per heavy atom. The van der Waals surface area contributed by atoms with Gasteiger partial charge in [-0.2, -0.15) is 0 Å². The number of benzene rings is 2. The van der Waals surface area contributed by atoms with Crippen molar-refractivity contribution in [3.05, 3.63) is 71.3 Å². The fraction of sp³-hybridized carbons (Fsp3) is 0.188. The maximum absolute atomic E-state index is 12.1. The zero-order valence-electron chi connectivity index (χ0n) is 11.0. The zero-order chi connectivity index (χ0) is 13.7. The van der Waals surface area contributed by atoms with Gasteiger partial charge in [0.25, 0.3) is 5.91 Å². The van der Waals surface area contributed by atoms with Gasteiger partial charge < -0.3 is 11.1 Å². The lowest BCUT2D eigenvalue weighted by Gasteiger charge is -2.14. The lowest BCUT2D eigenvalue weighted by atomic mass is 10.1. The third kappa shape index (κ3) is 3.42. The van der Waals surface area contributed by atoms with Crippen molar-refractivity contribution in [3.8, 4) is 0 Å². The first kappa shape index (κ1) is 13.3. The third-order valence-corrected chi connectivity index (χ3v) is 3.10. The van der Waals surface area contributed by atoms with E-state index in [0.29, 0.717) is 12.1 Å². The maximum atomic E-state index is 12.1. The van der Waals surface area contributed by atoms with E-state index in [9.17, 15) is 4.79 Å². The quantitative estimate of drug-likeness (QED) is 0.881. The van der Waals surface area contributed by atoms with Gasteiger partial charge in [0.05, 0.1) is 6.04 Å². The largest absolute Gasteiger partial charge is 0.346 e. The molecule has 0 fully saturated rings. The van der Waals surface area contributed by atoms with Gasteiger partial charge >= 0.3 is 0 Å². The fourth-order valence-electron chi connectivity index (χ4n) is 1.90. The van der Waals surface area contributed by atoms with Crippen LogP contribution in [0.2, 0.25) is 0 Å². The molecule has 0 aromatic heterocycles. The third-order valence-electron chi connectivity index (χ3n) is 3.10. The number of hydrogen-bond donors (Lipinski definition) is 2. The van der Waals surface area contributed by atoms with Crippen molar-refractivity contribution in [2.75, 3.05) is 0 Å². The van der Waals surface area contributed by atoms with Gasteiger partial charge in [0.1, 0.15) is 0 Å². The van der Waals surface area contributed by atoms with E-state index < -0.39 is 0 Å².